The van der Waals surface area contributed by atoms with Crippen LogP contribution in [0.2, 0.25) is 0 Å². The first-order valence-electron chi connectivity index (χ1n) is 12.4. The van der Waals surface area contributed by atoms with Crippen molar-refractivity contribution in [2.24, 2.45) is 0 Å². The second kappa shape index (κ2) is 9.46. The molecule has 3 heterocycles. The maximum atomic E-state index is 12.8. The number of imidazole rings is 1. The van der Waals surface area contributed by atoms with Crippen LogP contribution in [0.5, 0.6) is 0 Å². The molecule has 1 saturated heterocycles. The number of pyridine rings is 1. The van der Waals surface area contributed by atoms with E-state index >= 15 is 0 Å². The number of piperidine rings is 1. The third-order valence-corrected chi connectivity index (χ3v) is 7.44. The zero-order valence-electron chi connectivity index (χ0n) is 18.8. The number of nitrogens with zero attached hydrogens (tertiary/aromatic N) is 4. The van der Waals surface area contributed by atoms with E-state index in [9.17, 15) is 9.59 Å². The summed E-state index contributed by atoms with van der Waals surface area (Å²) in [5.74, 6) is -0.111. The average Bonchev–Trinajstić information content (AvgIpc) is 3.49. The zero-order valence-corrected chi connectivity index (χ0v) is 18.8. The second-order valence-electron chi connectivity index (χ2n) is 9.68. The molecule has 2 aromatic heterocycles. The van der Waals surface area contributed by atoms with Crippen molar-refractivity contribution in [2.45, 2.75) is 88.8 Å². The number of hydrogen-bond donors (Lipinski definition) is 2. The van der Waals surface area contributed by atoms with Crippen molar-refractivity contribution >= 4 is 23.1 Å². The van der Waals surface area contributed by atoms with Crippen molar-refractivity contribution in [2.75, 3.05) is 13.1 Å². The largest absolute Gasteiger partial charge is 0.349 e. The quantitative estimate of drug-likeness (QED) is 0.760. The van der Waals surface area contributed by atoms with Crippen molar-refractivity contribution in [1.29, 1.82) is 0 Å². The van der Waals surface area contributed by atoms with Crippen LogP contribution in [0.3, 0.4) is 0 Å². The van der Waals surface area contributed by atoms with E-state index in [-0.39, 0.29) is 18.0 Å². The average molecular weight is 439 g/mol. The Balaban J connectivity index is 1.13. The lowest BCUT2D eigenvalue weighted by atomic mass is 9.95. The maximum Gasteiger partial charge on any atom is 0.317 e. The van der Waals surface area contributed by atoms with Crippen molar-refractivity contribution in [3.63, 3.8) is 0 Å². The first-order chi connectivity index (χ1) is 15.7. The first-order valence-corrected chi connectivity index (χ1v) is 12.4. The van der Waals surface area contributed by atoms with Crippen LogP contribution in [0.15, 0.2) is 18.6 Å². The molecule has 0 unspecified atom stereocenters. The topological polar surface area (TPSA) is 92.2 Å². The van der Waals surface area contributed by atoms with Gasteiger partial charge in [-0.15, -0.1) is 0 Å². The molecule has 0 radical (unpaired) electrons. The second-order valence-corrected chi connectivity index (χ2v) is 9.68. The van der Waals surface area contributed by atoms with Gasteiger partial charge in [0.1, 0.15) is 5.52 Å². The Labute approximate surface area is 189 Å². The minimum absolute atomic E-state index is 0.0502. The summed E-state index contributed by atoms with van der Waals surface area (Å²) in [7, 11) is 0. The number of carbonyl (C=O) groups is 2. The summed E-state index contributed by atoms with van der Waals surface area (Å²) in [5, 5.41) is 6.32. The van der Waals surface area contributed by atoms with Gasteiger partial charge in [0.2, 0.25) is 0 Å². The van der Waals surface area contributed by atoms with Gasteiger partial charge in [-0.3, -0.25) is 4.79 Å². The summed E-state index contributed by atoms with van der Waals surface area (Å²) in [6, 6.07) is 2.78. The highest BCUT2D eigenvalue weighted by molar-refractivity contribution is 5.96. The molecule has 0 spiro atoms. The predicted molar refractivity (Wildman–Crippen MR) is 122 cm³/mol. The minimum atomic E-state index is -0.111. The Morgan fingerprint density at radius 3 is 2.28 bits per heavy atom. The Morgan fingerprint density at radius 1 is 0.844 bits per heavy atom. The third-order valence-electron chi connectivity index (χ3n) is 7.44. The van der Waals surface area contributed by atoms with Crippen molar-refractivity contribution in [3.05, 3.63) is 24.2 Å². The lowest BCUT2D eigenvalue weighted by Gasteiger charge is -2.34. The van der Waals surface area contributed by atoms with Gasteiger partial charge in [0.25, 0.3) is 5.91 Å². The molecular formula is C24H34N6O2. The molecule has 172 valence electrons. The van der Waals surface area contributed by atoms with E-state index in [0.717, 1.165) is 36.8 Å². The van der Waals surface area contributed by atoms with Crippen LogP contribution >= 0.6 is 0 Å². The number of aromatic nitrogens is 3. The zero-order chi connectivity index (χ0) is 21.9. The molecule has 2 aliphatic carbocycles. The van der Waals surface area contributed by atoms with Gasteiger partial charge in [-0.2, -0.15) is 0 Å². The molecule has 3 aliphatic rings. The normalized spacial score (nSPS) is 21.2. The van der Waals surface area contributed by atoms with E-state index in [2.05, 4.69) is 25.2 Å². The van der Waals surface area contributed by atoms with Gasteiger partial charge >= 0.3 is 6.03 Å². The van der Waals surface area contributed by atoms with Gasteiger partial charge in [-0.1, -0.05) is 32.1 Å². The van der Waals surface area contributed by atoms with E-state index in [1.165, 1.54) is 44.9 Å². The Hall–Kier alpha value is -2.64. The number of urea groups is 1. The van der Waals surface area contributed by atoms with Gasteiger partial charge in [-0.25, -0.2) is 14.8 Å². The standard InChI is InChI=1S/C24H34N6O2/c31-23(17-14-21-22(25-15-17)30(16-26-21)20-8-4-5-9-20)27-19-10-12-29(13-11-19)24(32)28-18-6-2-1-3-7-18/h14-16,18-20H,1-13H2,(H,27,31)(H,28,32). The summed E-state index contributed by atoms with van der Waals surface area (Å²) in [6.45, 7) is 1.35. The van der Waals surface area contributed by atoms with E-state index in [1.807, 2.05) is 17.3 Å². The Morgan fingerprint density at radius 2 is 1.53 bits per heavy atom. The summed E-state index contributed by atoms with van der Waals surface area (Å²) in [4.78, 5) is 36.3. The minimum Gasteiger partial charge on any atom is -0.349 e. The summed E-state index contributed by atoms with van der Waals surface area (Å²) in [6.07, 6.45) is 15.8. The number of rotatable bonds is 4. The van der Waals surface area contributed by atoms with Crippen LogP contribution in [-0.4, -0.2) is 56.5 Å². The fourth-order valence-electron chi connectivity index (χ4n) is 5.50. The van der Waals surface area contributed by atoms with Crippen LogP contribution in [0.25, 0.3) is 11.2 Å². The molecule has 2 aromatic rings. The monoisotopic (exact) mass is 438 g/mol. The summed E-state index contributed by atoms with van der Waals surface area (Å²) in [5.41, 5.74) is 2.19. The van der Waals surface area contributed by atoms with Crippen LogP contribution < -0.4 is 10.6 Å². The number of likely N-dealkylation sites (tertiary alicyclic amines) is 1. The van der Waals surface area contributed by atoms with Crippen molar-refractivity contribution in [1.82, 2.24) is 30.1 Å². The fourth-order valence-corrected chi connectivity index (χ4v) is 5.50. The number of nitrogens with one attached hydrogen (secondary N) is 2. The molecule has 3 amide bonds. The Bertz CT molecular complexity index is 953. The molecule has 32 heavy (non-hydrogen) atoms. The first kappa shape index (κ1) is 21.2. The van der Waals surface area contributed by atoms with Gasteiger partial charge < -0.3 is 20.1 Å². The van der Waals surface area contributed by atoms with Crippen LogP contribution in [-0.2, 0) is 0 Å². The highest BCUT2D eigenvalue weighted by Gasteiger charge is 2.26. The molecule has 8 heteroatoms. The number of amides is 3. The van der Waals surface area contributed by atoms with E-state index in [0.29, 0.717) is 30.7 Å². The predicted octanol–water partition coefficient (Wildman–Crippen LogP) is 3.78. The number of carbonyl (C=O) groups excluding carboxylic acids is 2. The molecule has 1 aliphatic heterocycles. The van der Waals surface area contributed by atoms with Crippen molar-refractivity contribution in [3.8, 4) is 0 Å². The van der Waals surface area contributed by atoms with Gasteiger partial charge in [0, 0.05) is 37.4 Å². The van der Waals surface area contributed by atoms with Crippen LogP contribution in [0.1, 0.15) is 87.0 Å². The SMILES string of the molecule is O=C(NC1CCN(C(=O)NC2CCCCC2)CC1)c1cnc2c(c1)ncn2C1CCCC1. The maximum absolute atomic E-state index is 12.8. The molecule has 0 aromatic carbocycles. The molecule has 2 saturated carbocycles. The fraction of sp³-hybridized carbons (Fsp3) is 0.667. The van der Waals surface area contributed by atoms with Crippen LogP contribution in [0, 0.1) is 0 Å². The summed E-state index contributed by atoms with van der Waals surface area (Å²) >= 11 is 0. The van der Waals surface area contributed by atoms with E-state index in [1.54, 1.807) is 6.20 Å². The van der Waals surface area contributed by atoms with Crippen molar-refractivity contribution < 1.29 is 9.59 Å². The number of fused-ring (bicyclic) bond motifs is 1. The highest BCUT2D eigenvalue weighted by Crippen LogP contribution is 2.31. The van der Waals surface area contributed by atoms with Gasteiger partial charge in [0.15, 0.2) is 5.65 Å². The van der Waals surface area contributed by atoms with Gasteiger partial charge in [0.05, 0.1) is 11.9 Å². The Kier molecular flexibility index (Phi) is 6.28. The smallest absolute Gasteiger partial charge is 0.317 e. The molecule has 0 bridgehead atoms. The lowest BCUT2D eigenvalue weighted by molar-refractivity contribution is 0.0917. The molecule has 2 N–H and O–H groups in total. The molecule has 0 atom stereocenters. The molecule has 5 rings (SSSR count). The molecule has 8 nitrogen and oxygen atoms in total. The molecule has 3 fully saturated rings. The molecular weight excluding hydrogens is 404 g/mol. The highest BCUT2D eigenvalue weighted by atomic mass is 16.2. The lowest BCUT2D eigenvalue weighted by Crippen LogP contribution is -2.51. The third kappa shape index (κ3) is 4.59. The van der Waals surface area contributed by atoms with Gasteiger partial charge in [-0.05, 0) is 44.6 Å². The summed E-state index contributed by atoms with van der Waals surface area (Å²) < 4.78 is 2.16. The van der Waals surface area contributed by atoms with E-state index in [4.69, 9.17) is 0 Å². The van der Waals surface area contributed by atoms with Crippen LogP contribution in [0.4, 0.5) is 4.79 Å². The van der Waals surface area contributed by atoms with E-state index < -0.39 is 0 Å². The number of hydrogen-bond acceptors (Lipinski definition) is 4.